The molecule has 1 fully saturated rings. The van der Waals surface area contributed by atoms with Crippen molar-refractivity contribution in [1.29, 1.82) is 0 Å². The van der Waals surface area contributed by atoms with Gasteiger partial charge in [0.2, 0.25) is 11.8 Å². The molecule has 2 aromatic rings. The van der Waals surface area contributed by atoms with E-state index in [2.05, 4.69) is 16.0 Å². The maximum absolute atomic E-state index is 12.5. The van der Waals surface area contributed by atoms with Crippen LogP contribution in [0, 0.1) is 0 Å². The topological polar surface area (TPSA) is 131 Å². The number of hydrogen-bond donors (Lipinski definition) is 4. The number of rotatable bonds is 8. The minimum atomic E-state index is -1.09. The van der Waals surface area contributed by atoms with Crippen LogP contribution in [0.5, 0.6) is 0 Å². The molecular formula is C18H19N3O5. The molecule has 1 saturated heterocycles. The molecule has 1 aliphatic rings. The first-order valence-electron chi connectivity index (χ1n) is 8.18. The van der Waals surface area contributed by atoms with Crippen LogP contribution >= 0.6 is 0 Å². The zero-order valence-electron chi connectivity index (χ0n) is 13.8. The molecule has 0 saturated carbocycles. The standard InChI is InChI=1S/C18H19N3O5/c22-16(19-10-12-7-4-8-26-12)13(9-11-5-2-1-3-6-11)20-17(23)14-15(21-14)18(24)25/h1-8,13-15,21H,9-10H2,(H,19,22)(H,20,23)(H,24,25)/t13-,14-,15-/m0/s1. The first-order valence-corrected chi connectivity index (χ1v) is 8.18. The van der Waals surface area contributed by atoms with E-state index in [9.17, 15) is 14.4 Å². The van der Waals surface area contributed by atoms with Gasteiger partial charge < -0.3 is 20.2 Å². The van der Waals surface area contributed by atoms with Crippen molar-refractivity contribution in [1.82, 2.24) is 16.0 Å². The van der Waals surface area contributed by atoms with Gasteiger partial charge in [0, 0.05) is 6.42 Å². The van der Waals surface area contributed by atoms with Gasteiger partial charge in [-0.15, -0.1) is 0 Å². The lowest BCUT2D eigenvalue weighted by molar-refractivity contribution is -0.137. The molecule has 2 amide bonds. The molecule has 26 heavy (non-hydrogen) atoms. The van der Waals surface area contributed by atoms with Gasteiger partial charge in [-0.1, -0.05) is 30.3 Å². The summed E-state index contributed by atoms with van der Waals surface area (Å²) in [5.74, 6) is -1.37. The number of aliphatic carboxylic acids is 1. The van der Waals surface area contributed by atoms with Gasteiger partial charge in [0.1, 0.15) is 23.9 Å². The minimum Gasteiger partial charge on any atom is -0.480 e. The fraction of sp³-hybridized carbons (Fsp3) is 0.278. The zero-order chi connectivity index (χ0) is 18.5. The fourth-order valence-corrected chi connectivity index (χ4v) is 2.61. The van der Waals surface area contributed by atoms with Crippen molar-refractivity contribution in [3.05, 3.63) is 60.1 Å². The summed E-state index contributed by atoms with van der Waals surface area (Å²) in [7, 11) is 0. The SMILES string of the molecule is O=C(NCc1ccco1)[C@H](Cc1ccccc1)NC(=O)[C@H]1N[C@@H]1C(=O)O. The van der Waals surface area contributed by atoms with E-state index in [1.54, 1.807) is 12.1 Å². The van der Waals surface area contributed by atoms with Crippen molar-refractivity contribution < 1.29 is 23.9 Å². The van der Waals surface area contributed by atoms with Crippen LogP contribution in [-0.2, 0) is 27.3 Å². The molecular weight excluding hydrogens is 338 g/mol. The Labute approximate surface area is 149 Å². The lowest BCUT2D eigenvalue weighted by Crippen LogP contribution is -2.49. The van der Waals surface area contributed by atoms with Gasteiger partial charge in [-0.25, -0.2) is 0 Å². The number of carbonyl (C=O) groups excluding carboxylic acids is 2. The monoisotopic (exact) mass is 357 g/mol. The minimum absolute atomic E-state index is 0.201. The Hall–Kier alpha value is -3.13. The van der Waals surface area contributed by atoms with Gasteiger partial charge in [-0.3, -0.25) is 19.7 Å². The molecule has 1 aromatic carbocycles. The summed E-state index contributed by atoms with van der Waals surface area (Å²) in [5.41, 5.74) is 0.879. The second-order valence-electron chi connectivity index (χ2n) is 6.01. The molecule has 4 N–H and O–H groups in total. The van der Waals surface area contributed by atoms with Crippen molar-refractivity contribution in [3.8, 4) is 0 Å². The van der Waals surface area contributed by atoms with Crippen LogP contribution in [0.25, 0.3) is 0 Å². The Morgan fingerprint density at radius 2 is 1.88 bits per heavy atom. The van der Waals surface area contributed by atoms with Crippen molar-refractivity contribution in [2.75, 3.05) is 0 Å². The Kier molecular flexibility index (Phi) is 5.33. The van der Waals surface area contributed by atoms with Gasteiger partial charge in [0.05, 0.1) is 12.8 Å². The third-order valence-electron chi connectivity index (χ3n) is 4.06. The second kappa shape index (κ2) is 7.83. The quantitative estimate of drug-likeness (QED) is 0.494. The third-order valence-corrected chi connectivity index (χ3v) is 4.06. The fourth-order valence-electron chi connectivity index (χ4n) is 2.61. The van der Waals surface area contributed by atoms with Gasteiger partial charge in [-0.05, 0) is 17.7 Å². The van der Waals surface area contributed by atoms with E-state index in [0.717, 1.165) is 5.56 Å². The summed E-state index contributed by atoms with van der Waals surface area (Å²) in [4.78, 5) is 35.6. The first kappa shape index (κ1) is 17.7. The van der Waals surface area contributed by atoms with E-state index in [4.69, 9.17) is 9.52 Å². The predicted octanol–water partition coefficient (Wildman–Crippen LogP) is 0.0483. The molecule has 0 radical (unpaired) electrons. The van der Waals surface area contributed by atoms with Crippen LogP contribution in [0.4, 0.5) is 0 Å². The molecule has 0 unspecified atom stereocenters. The third kappa shape index (κ3) is 4.48. The molecule has 3 atom stereocenters. The lowest BCUT2D eigenvalue weighted by Gasteiger charge is -2.18. The summed E-state index contributed by atoms with van der Waals surface area (Å²) < 4.78 is 5.17. The number of furan rings is 1. The molecule has 136 valence electrons. The van der Waals surface area contributed by atoms with Gasteiger partial charge in [0.15, 0.2) is 0 Å². The van der Waals surface area contributed by atoms with E-state index >= 15 is 0 Å². The van der Waals surface area contributed by atoms with Crippen molar-refractivity contribution in [3.63, 3.8) is 0 Å². The van der Waals surface area contributed by atoms with E-state index in [-0.39, 0.29) is 12.5 Å². The summed E-state index contributed by atoms with van der Waals surface area (Å²) >= 11 is 0. The zero-order valence-corrected chi connectivity index (χ0v) is 13.8. The van der Waals surface area contributed by atoms with Crippen molar-refractivity contribution in [2.24, 2.45) is 0 Å². The number of carbonyl (C=O) groups is 3. The van der Waals surface area contributed by atoms with E-state index in [0.29, 0.717) is 12.2 Å². The van der Waals surface area contributed by atoms with Gasteiger partial charge in [0.25, 0.3) is 0 Å². The average molecular weight is 357 g/mol. The average Bonchev–Trinajstić information content (AvgIpc) is 3.29. The van der Waals surface area contributed by atoms with Crippen LogP contribution in [-0.4, -0.2) is 41.0 Å². The Morgan fingerprint density at radius 3 is 2.50 bits per heavy atom. The van der Waals surface area contributed by atoms with Crippen LogP contribution in [0.1, 0.15) is 11.3 Å². The summed E-state index contributed by atoms with van der Waals surface area (Å²) in [6.45, 7) is 0.201. The molecule has 0 aliphatic carbocycles. The Bertz CT molecular complexity index is 775. The van der Waals surface area contributed by atoms with Crippen molar-refractivity contribution >= 4 is 17.8 Å². The first-order chi connectivity index (χ1) is 12.5. The van der Waals surface area contributed by atoms with Gasteiger partial charge >= 0.3 is 5.97 Å². The van der Waals surface area contributed by atoms with Crippen LogP contribution in [0.3, 0.4) is 0 Å². The molecule has 1 aliphatic heterocycles. The highest BCUT2D eigenvalue weighted by Crippen LogP contribution is 2.12. The Morgan fingerprint density at radius 1 is 1.12 bits per heavy atom. The number of amides is 2. The number of carboxylic acid groups (broad SMARTS) is 1. The highest BCUT2D eigenvalue weighted by Gasteiger charge is 2.48. The van der Waals surface area contributed by atoms with Crippen LogP contribution < -0.4 is 16.0 Å². The van der Waals surface area contributed by atoms with E-state index in [1.807, 2.05) is 30.3 Å². The number of nitrogens with one attached hydrogen (secondary N) is 3. The molecule has 8 heteroatoms. The highest BCUT2D eigenvalue weighted by atomic mass is 16.4. The predicted molar refractivity (Wildman–Crippen MR) is 91.0 cm³/mol. The van der Waals surface area contributed by atoms with E-state index < -0.39 is 30.0 Å². The number of benzene rings is 1. The van der Waals surface area contributed by atoms with Crippen LogP contribution in [0.15, 0.2) is 53.1 Å². The Balaban J connectivity index is 1.63. The lowest BCUT2D eigenvalue weighted by atomic mass is 10.0. The normalized spacial score (nSPS) is 19.4. The number of carboxylic acids is 1. The van der Waals surface area contributed by atoms with Crippen LogP contribution in [0.2, 0.25) is 0 Å². The molecule has 1 aromatic heterocycles. The van der Waals surface area contributed by atoms with Gasteiger partial charge in [-0.2, -0.15) is 0 Å². The largest absolute Gasteiger partial charge is 0.480 e. The smallest absolute Gasteiger partial charge is 0.322 e. The maximum atomic E-state index is 12.5. The molecule has 2 heterocycles. The van der Waals surface area contributed by atoms with E-state index in [1.165, 1.54) is 6.26 Å². The maximum Gasteiger partial charge on any atom is 0.322 e. The summed E-state index contributed by atoms with van der Waals surface area (Å²) in [6, 6.07) is 10.2. The summed E-state index contributed by atoms with van der Waals surface area (Å²) in [6.07, 6.45) is 1.80. The van der Waals surface area contributed by atoms with Crippen molar-refractivity contribution in [2.45, 2.75) is 31.1 Å². The molecule has 3 rings (SSSR count). The number of hydrogen-bond acceptors (Lipinski definition) is 5. The molecule has 8 nitrogen and oxygen atoms in total. The highest BCUT2D eigenvalue weighted by molar-refractivity contribution is 5.97. The molecule has 0 spiro atoms. The summed E-state index contributed by atoms with van der Waals surface area (Å²) in [5, 5.41) is 16.8. The molecule has 0 bridgehead atoms. The second-order valence-corrected chi connectivity index (χ2v) is 6.01.